The summed E-state index contributed by atoms with van der Waals surface area (Å²) in [6, 6.07) is 10.1. The molecule has 2 aromatic carbocycles. The van der Waals surface area contributed by atoms with E-state index in [2.05, 4.69) is 5.32 Å². The molecule has 2 aromatic rings. The van der Waals surface area contributed by atoms with Crippen LogP contribution in [0.5, 0.6) is 5.75 Å². The van der Waals surface area contributed by atoms with Crippen molar-refractivity contribution in [3.05, 3.63) is 64.7 Å². The Morgan fingerprint density at radius 1 is 1.24 bits per heavy atom. The minimum Gasteiger partial charge on any atom is -0.481 e. The Bertz CT molecular complexity index is 692. The first-order chi connectivity index (χ1) is 12.0. The SMILES string of the molecule is C[C@H](Oc1ccc(F)cc1)C(=O)NCCSCc1c(F)cccc1Cl. The van der Waals surface area contributed by atoms with Crippen LogP contribution in [0.2, 0.25) is 5.02 Å². The van der Waals surface area contributed by atoms with Gasteiger partial charge >= 0.3 is 0 Å². The lowest BCUT2D eigenvalue weighted by molar-refractivity contribution is -0.127. The maximum atomic E-state index is 13.6. The van der Waals surface area contributed by atoms with Crippen LogP contribution in [0.25, 0.3) is 0 Å². The number of rotatable bonds is 8. The number of thioether (sulfide) groups is 1. The van der Waals surface area contributed by atoms with Crippen molar-refractivity contribution in [2.45, 2.75) is 18.8 Å². The summed E-state index contributed by atoms with van der Waals surface area (Å²) in [6.45, 7) is 2.04. The van der Waals surface area contributed by atoms with Gasteiger partial charge < -0.3 is 10.1 Å². The summed E-state index contributed by atoms with van der Waals surface area (Å²) >= 11 is 7.43. The molecule has 0 fully saturated rings. The molecule has 0 aliphatic carbocycles. The van der Waals surface area contributed by atoms with E-state index in [0.29, 0.717) is 34.4 Å². The number of nitrogens with one attached hydrogen (secondary N) is 1. The van der Waals surface area contributed by atoms with E-state index in [1.807, 2.05) is 0 Å². The summed E-state index contributed by atoms with van der Waals surface area (Å²) in [7, 11) is 0. The molecule has 134 valence electrons. The zero-order valence-corrected chi connectivity index (χ0v) is 15.2. The molecule has 0 aliphatic heterocycles. The van der Waals surface area contributed by atoms with Gasteiger partial charge in [-0.25, -0.2) is 8.78 Å². The highest BCUT2D eigenvalue weighted by atomic mass is 35.5. The number of ether oxygens (including phenoxy) is 1. The number of hydrogen-bond acceptors (Lipinski definition) is 3. The second kappa shape index (κ2) is 9.63. The lowest BCUT2D eigenvalue weighted by Gasteiger charge is -2.14. The average molecular weight is 386 g/mol. The van der Waals surface area contributed by atoms with Crippen LogP contribution in [0.15, 0.2) is 42.5 Å². The van der Waals surface area contributed by atoms with E-state index >= 15 is 0 Å². The highest BCUT2D eigenvalue weighted by molar-refractivity contribution is 7.98. The third-order valence-electron chi connectivity index (χ3n) is 3.35. The van der Waals surface area contributed by atoms with E-state index in [1.54, 1.807) is 19.1 Å². The molecule has 0 bridgehead atoms. The number of halogens is 3. The van der Waals surface area contributed by atoms with Crippen LogP contribution in [0.3, 0.4) is 0 Å². The second-order valence-electron chi connectivity index (χ2n) is 5.26. The van der Waals surface area contributed by atoms with Crippen LogP contribution in [0.4, 0.5) is 8.78 Å². The van der Waals surface area contributed by atoms with Crippen molar-refractivity contribution >= 4 is 29.3 Å². The van der Waals surface area contributed by atoms with E-state index in [4.69, 9.17) is 16.3 Å². The standard InChI is InChI=1S/C18H18ClF2NO2S/c1-12(24-14-7-5-13(20)6-8-14)18(23)22-9-10-25-11-15-16(19)3-2-4-17(15)21/h2-8,12H,9-11H2,1H3,(H,22,23)/t12-/m0/s1. The highest BCUT2D eigenvalue weighted by Gasteiger charge is 2.14. The quantitative estimate of drug-likeness (QED) is 0.683. The van der Waals surface area contributed by atoms with Crippen LogP contribution in [-0.4, -0.2) is 24.3 Å². The number of hydrogen-bond donors (Lipinski definition) is 1. The molecular weight excluding hydrogens is 368 g/mol. The molecule has 0 aromatic heterocycles. The molecular formula is C18H18ClF2NO2S. The molecule has 0 aliphatic rings. The van der Waals surface area contributed by atoms with Gasteiger partial charge in [-0.1, -0.05) is 17.7 Å². The Morgan fingerprint density at radius 2 is 1.96 bits per heavy atom. The van der Waals surface area contributed by atoms with Gasteiger partial charge in [0.1, 0.15) is 17.4 Å². The highest BCUT2D eigenvalue weighted by Crippen LogP contribution is 2.23. The van der Waals surface area contributed by atoms with Gasteiger partial charge in [0.2, 0.25) is 0 Å². The summed E-state index contributed by atoms with van der Waals surface area (Å²) in [6.07, 6.45) is -0.698. The van der Waals surface area contributed by atoms with Gasteiger partial charge in [-0.15, -0.1) is 0 Å². The summed E-state index contributed by atoms with van der Waals surface area (Å²) < 4.78 is 31.9. The van der Waals surface area contributed by atoms with Gasteiger partial charge in [0.25, 0.3) is 5.91 Å². The van der Waals surface area contributed by atoms with Crippen molar-refractivity contribution in [1.82, 2.24) is 5.32 Å². The fraction of sp³-hybridized carbons (Fsp3) is 0.278. The van der Waals surface area contributed by atoms with Crippen LogP contribution in [-0.2, 0) is 10.5 Å². The van der Waals surface area contributed by atoms with E-state index in [0.717, 1.165) is 0 Å². The van der Waals surface area contributed by atoms with Crippen molar-refractivity contribution < 1.29 is 18.3 Å². The number of benzene rings is 2. The van der Waals surface area contributed by atoms with Gasteiger partial charge in [-0.2, -0.15) is 11.8 Å². The van der Waals surface area contributed by atoms with Gasteiger partial charge in [0.15, 0.2) is 6.10 Å². The Morgan fingerprint density at radius 3 is 2.64 bits per heavy atom. The maximum Gasteiger partial charge on any atom is 0.260 e. The molecule has 2 rings (SSSR count). The summed E-state index contributed by atoms with van der Waals surface area (Å²) in [4.78, 5) is 12.0. The van der Waals surface area contributed by atoms with E-state index in [9.17, 15) is 13.6 Å². The van der Waals surface area contributed by atoms with Gasteiger partial charge in [-0.05, 0) is 43.3 Å². The molecule has 7 heteroatoms. The first-order valence-corrected chi connectivity index (χ1v) is 9.21. The van der Waals surface area contributed by atoms with Crippen molar-refractivity contribution in [2.75, 3.05) is 12.3 Å². The molecule has 0 saturated carbocycles. The van der Waals surface area contributed by atoms with Gasteiger partial charge in [0, 0.05) is 28.6 Å². The molecule has 1 atom stereocenters. The van der Waals surface area contributed by atoms with Gasteiger partial charge in [0.05, 0.1) is 0 Å². The van der Waals surface area contributed by atoms with Crippen LogP contribution < -0.4 is 10.1 Å². The first-order valence-electron chi connectivity index (χ1n) is 7.68. The topological polar surface area (TPSA) is 38.3 Å². The second-order valence-corrected chi connectivity index (χ2v) is 6.77. The van der Waals surface area contributed by atoms with Gasteiger partial charge in [-0.3, -0.25) is 4.79 Å². The van der Waals surface area contributed by atoms with Crippen LogP contribution in [0.1, 0.15) is 12.5 Å². The Balaban J connectivity index is 1.68. The van der Waals surface area contributed by atoms with Crippen molar-refractivity contribution in [1.29, 1.82) is 0 Å². The number of amides is 1. The number of carbonyl (C=O) groups excluding carboxylic acids is 1. The molecule has 0 radical (unpaired) electrons. The predicted molar refractivity (Wildman–Crippen MR) is 97.1 cm³/mol. The first kappa shape index (κ1) is 19.5. The molecule has 0 spiro atoms. The lowest BCUT2D eigenvalue weighted by atomic mass is 10.2. The fourth-order valence-corrected chi connectivity index (χ4v) is 3.20. The normalized spacial score (nSPS) is 11.8. The largest absolute Gasteiger partial charge is 0.481 e. The van der Waals surface area contributed by atoms with Crippen molar-refractivity contribution in [3.63, 3.8) is 0 Å². The fourth-order valence-electron chi connectivity index (χ4n) is 2.01. The Labute approximate surface area is 154 Å². The molecule has 1 amide bonds. The van der Waals surface area contributed by atoms with E-state index < -0.39 is 6.10 Å². The third kappa shape index (κ3) is 6.21. The lowest BCUT2D eigenvalue weighted by Crippen LogP contribution is -2.37. The zero-order chi connectivity index (χ0) is 18.2. The number of carbonyl (C=O) groups is 1. The summed E-state index contributed by atoms with van der Waals surface area (Å²) in [5.74, 6) is 0.506. The molecule has 0 saturated heterocycles. The summed E-state index contributed by atoms with van der Waals surface area (Å²) in [5.41, 5.74) is 0.466. The smallest absolute Gasteiger partial charge is 0.260 e. The monoisotopic (exact) mass is 385 g/mol. The van der Waals surface area contributed by atoms with Crippen molar-refractivity contribution in [3.8, 4) is 5.75 Å². The average Bonchev–Trinajstić information content (AvgIpc) is 2.58. The molecule has 3 nitrogen and oxygen atoms in total. The Hall–Kier alpha value is -1.79. The minimum absolute atomic E-state index is 0.270. The summed E-state index contributed by atoms with van der Waals surface area (Å²) in [5, 5.41) is 3.14. The van der Waals surface area contributed by atoms with Crippen LogP contribution in [0, 0.1) is 11.6 Å². The van der Waals surface area contributed by atoms with E-state index in [-0.39, 0.29) is 17.5 Å². The molecule has 0 unspecified atom stereocenters. The van der Waals surface area contributed by atoms with E-state index in [1.165, 1.54) is 42.1 Å². The predicted octanol–water partition coefficient (Wildman–Crippen LogP) is 4.44. The Kier molecular flexibility index (Phi) is 7.52. The zero-order valence-electron chi connectivity index (χ0n) is 13.6. The van der Waals surface area contributed by atoms with Crippen LogP contribution >= 0.6 is 23.4 Å². The van der Waals surface area contributed by atoms with Crippen molar-refractivity contribution in [2.24, 2.45) is 0 Å². The molecule has 25 heavy (non-hydrogen) atoms. The minimum atomic E-state index is -0.698. The third-order valence-corrected chi connectivity index (χ3v) is 4.69. The molecule has 0 heterocycles. The maximum absolute atomic E-state index is 13.6. The molecule has 1 N–H and O–H groups in total.